The fraction of sp³-hybridized carbons (Fsp3) is 0.375. The van der Waals surface area contributed by atoms with Crippen molar-refractivity contribution in [1.29, 1.82) is 0 Å². The van der Waals surface area contributed by atoms with Crippen LogP contribution in [-0.4, -0.2) is 17.0 Å². The number of hydrogen-bond acceptors (Lipinski definition) is 2. The van der Waals surface area contributed by atoms with Gasteiger partial charge in [0.15, 0.2) is 5.54 Å². The zero-order chi connectivity index (χ0) is 15.5. The van der Waals surface area contributed by atoms with Crippen LogP contribution >= 0.6 is 11.6 Å². The van der Waals surface area contributed by atoms with Crippen LogP contribution in [0.4, 0.5) is 0 Å². The van der Waals surface area contributed by atoms with Gasteiger partial charge < -0.3 is 10.4 Å². The zero-order valence-corrected chi connectivity index (χ0v) is 12.6. The number of allylic oxidation sites excluding steroid dienone is 2. The highest BCUT2D eigenvalue weighted by molar-refractivity contribution is 6.30. The van der Waals surface area contributed by atoms with Gasteiger partial charge in [-0.3, -0.25) is 4.79 Å². The summed E-state index contributed by atoms with van der Waals surface area (Å²) in [5, 5.41) is 12.9. The van der Waals surface area contributed by atoms with Crippen molar-refractivity contribution >= 4 is 23.5 Å². The van der Waals surface area contributed by atoms with Crippen LogP contribution in [0.3, 0.4) is 0 Å². The Morgan fingerprint density at radius 1 is 1.29 bits per heavy atom. The molecule has 4 nitrogen and oxygen atoms in total. The van der Waals surface area contributed by atoms with E-state index in [9.17, 15) is 14.7 Å². The van der Waals surface area contributed by atoms with Crippen LogP contribution in [0.15, 0.2) is 36.4 Å². The molecule has 1 aromatic carbocycles. The summed E-state index contributed by atoms with van der Waals surface area (Å²) >= 11 is 5.85. The second-order valence-electron chi connectivity index (χ2n) is 5.20. The number of nitrogens with one attached hydrogen (secondary N) is 1. The Kier molecular flexibility index (Phi) is 4.68. The molecule has 0 saturated carbocycles. The van der Waals surface area contributed by atoms with Gasteiger partial charge in [0.1, 0.15) is 0 Å². The summed E-state index contributed by atoms with van der Waals surface area (Å²) in [6, 6.07) is 6.56. The second kappa shape index (κ2) is 6.31. The first-order valence-electron chi connectivity index (χ1n) is 6.96. The summed E-state index contributed by atoms with van der Waals surface area (Å²) in [6.45, 7) is 1.75. The van der Waals surface area contributed by atoms with E-state index in [0.717, 1.165) is 0 Å². The third-order valence-electron chi connectivity index (χ3n) is 3.95. The number of hydrogen-bond donors (Lipinski definition) is 2. The first kappa shape index (κ1) is 15.6. The molecule has 0 fully saturated rings. The fourth-order valence-electron chi connectivity index (χ4n) is 2.57. The van der Waals surface area contributed by atoms with E-state index in [2.05, 4.69) is 5.32 Å². The topological polar surface area (TPSA) is 66.4 Å². The average Bonchev–Trinajstić information content (AvgIpc) is 2.99. The zero-order valence-electron chi connectivity index (χ0n) is 11.8. The summed E-state index contributed by atoms with van der Waals surface area (Å²) < 4.78 is 0. The van der Waals surface area contributed by atoms with Gasteiger partial charge in [-0.2, -0.15) is 0 Å². The number of aliphatic carboxylic acids is 1. The first-order valence-corrected chi connectivity index (χ1v) is 7.34. The Bertz CT molecular complexity index is 559. The van der Waals surface area contributed by atoms with Crippen LogP contribution in [-0.2, 0) is 15.1 Å². The predicted octanol–water partition coefficient (Wildman–Crippen LogP) is 3.11. The lowest BCUT2D eigenvalue weighted by Gasteiger charge is -2.31. The molecule has 0 bridgehead atoms. The van der Waals surface area contributed by atoms with Crippen molar-refractivity contribution in [2.45, 2.75) is 31.7 Å². The molecule has 1 amide bonds. The molecule has 0 heterocycles. The molecule has 112 valence electrons. The Hall–Kier alpha value is -1.81. The van der Waals surface area contributed by atoms with E-state index in [0.29, 0.717) is 23.4 Å². The molecule has 21 heavy (non-hydrogen) atoms. The van der Waals surface area contributed by atoms with Crippen molar-refractivity contribution in [3.05, 3.63) is 47.0 Å². The normalized spacial score (nSPS) is 17.4. The third kappa shape index (κ3) is 3.10. The van der Waals surface area contributed by atoms with E-state index < -0.39 is 11.5 Å². The van der Waals surface area contributed by atoms with Crippen LogP contribution in [0.2, 0.25) is 5.02 Å². The number of carbonyl (C=O) groups is 2. The van der Waals surface area contributed by atoms with Crippen LogP contribution in [0.1, 0.15) is 31.7 Å². The maximum absolute atomic E-state index is 12.3. The Morgan fingerprint density at radius 2 is 1.86 bits per heavy atom. The lowest BCUT2D eigenvalue weighted by Crippen LogP contribution is -2.53. The monoisotopic (exact) mass is 307 g/mol. The Labute approximate surface area is 128 Å². The molecule has 0 aromatic heterocycles. The minimum Gasteiger partial charge on any atom is -0.479 e. The fourth-order valence-corrected chi connectivity index (χ4v) is 2.70. The lowest BCUT2D eigenvalue weighted by atomic mass is 9.86. The SMILES string of the molecule is CCC(NC(=O)C1CC=CC1)(C(=O)O)c1ccc(Cl)cc1. The first-order chi connectivity index (χ1) is 9.99. The van der Waals surface area contributed by atoms with Crippen LogP contribution in [0.25, 0.3) is 0 Å². The molecule has 0 saturated heterocycles. The number of benzene rings is 1. The summed E-state index contributed by atoms with van der Waals surface area (Å²) in [6.07, 6.45) is 5.47. The van der Waals surface area contributed by atoms with E-state index in [4.69, 9.17) is 11.6 Å². The van der Waals surface area contributed by atoms with E-state index in [1.54, 1.807) is 31.2 Å². The molecule has 1 atom stereocenters. The molecular formula is C16H18ClNO3. The predicted molar refractivity (Wildman–Crippen MR) is 81.1 cm³/mol. The molecule has 1 unspecified atom stereocenters. The van der Waals surface area contributed by atoms with Crippen molar-refractivity contribution in [3.8, 4) is 0 Å². The van der Waals surface area contributed by atoms with Crippen molar-refractivity contribution < 1.29 is 14.7 Å². The molecule has 1 aliphatic rings. The van der Waals surface area contributed by atoms with E-state index in [1.807, 2.05) is 12.2 Å². The number of rotatable bonds is 5. The van der Waals surface area contributed by atoms with Crippen LogP contribution < -0.4 is 5.32 Å². The minimum absolute atomic E-state index is 0.178. The number of halogens is 1. The molecule has 0 aliphatic heterocycles. The molecule has 5 heteroatoms. The van der Waals surface area contributed by atoms with Crippen molar-refractivity contribution in [3.63, 3.8) is 0 Å². The maximum atomic E-state index is 12.3. The standard InChI is InChI=1S/C16H18ClNO3/c1-2-16(15(20)21,12-7-9-13(17)10-8-12)18-14(19)11-5-3-4-6-11/h3-4,7-11H,2,5-6H2,1H3,(H,18,19)(H,20,21). The van der Waals surface area contributed by atoms with E-state index in [1.165, 1.54) is 0 Å². The third-order valence-corrected chi connectivity index (χ3v) is 4.20. The lowest BCUT2D eigenvalue weighted by molar-refractivity contribution is -0.149. The summed E-state index contributed by atoms with van der Waals surface area (Å²) in [7, 11) is 0. The average molecular weight is 308 g/mol. The van der Waals surface area contributed by atoms with E-state index in [-0.39, 0.29) is 18.2 Å². The van der Waals surface area contributed by atoms with Crippen LogP contribution in [0, 0.1) is 5.92 Å². The van der Waals surface area contributed by atoms with Gasteiger partial charge in [0.25, 0.3) is 0 Å². The molecular weight excluding hydrogens is 290 g/mol. The van der Waals surface area contributed by atoms with Gasteiger partial charge in [-0.15, -0.1) is 0 Å². The van der Waals surface area contributed by atoms with Gasteiger partial charge in [-0.05, 0) is 37.0 Å². The van der Waals surface area contributed by atoms with Crippen molar-refractivity contribution in [1.82, 2.24) is 5.32 Å². The van der Waals surface area contributed by atoms with Gasteiger partial charge in [0.05, 0.1) is 0 Å². The molecule has 0 spiro atoms. The molecule has 2 rings (SSSR count). The quantitative estimate of drug-likeness (QED) is 0.821. The maximum Gasteiger partial charge on any atom is 0.334 e. The molecule has 0 radical (unpaired) electrons. The van der Waals surface area contributed by atoms with E-state index >= 15 is 0 Å². The summed E-state index contributed by atoms with van der Waals surface area (Å²) in [4.78, 5) is 24.1. The van der Waals surface area contributed by atoms with Crippen molar-refractivity contribution in [2.75, 3.05) is 0 Å². The molecule has 1 aromatic rings. The number of amides is 1. The summed E-state index contributed by atoms with van der Waals surface area (Å²) in [5.74, 6) is -1.46. The Morgan fingerprint density at radius 3 is 2.33 bits per heavy atom. The van der Waals surface area contributed by atoms with Gasteiger partial charge in [0.2, 0.25) is 5.91 Å². The highest BCUT2D eigenvalue weighted by Gasteiger charge is 2.41. The number of carboxylic acid groups (broad SMARTS) is 1. The highest BCUT2D eigenvalue weighted by Crippen LogP contribution is 2.29. The number of carboxylic acids is 1. The van der Waals surface area contributed by atoms with Gasteiger partial charge in [0, 0.05) is 10.9 Å². The summed E-state index contributed by atoms with van der Waals surface area (Å²) in [5.41, 5.74) is -0.884. The van der Waals surface area contributed by atoms with Gasteiger partial charge in [-0.25, -0.2) is 4.79 Å². The molecule has 2 N–H and O–H groups in total. The second-order valence-corrected chi connectivity index (χ2v) is 5.64. The highest BCUT2D eigenvalue weighted by atomic mass is 35.5. The smallest absolute Gasteiger partial charge is 0.334 e. The van der Waals surface area contributed by atoms with Crippen molar-refractivity contribution in [2.24, 2.45) is 5.92 Å². The van der Waals surface area contributed by atoms with Crippen LogP contribution in [0.5, 0.6) is 0 Å². The largest absolute Gasteiger partial charge is 0.479 e. The van der Waals surface area contributed by atoms with Gasteiger partial charge in [-0.1, -0.05) is 42.8 Å². The molecule has 1 aliphatic carbocycles. The minimum atomic E-state index is -1.41. The number of carbonyl (C=O) groups excluding carboxylic acids is 1. The van der Waals surface area contributed by atoms with Gasteiger partial charge >= 0.3 is 5.97 Å². The Balaban J connectivity index is 2.30.